The van der Waals surface area contributed by atoms with Crippen molar-refractivity contribution >= 4 is 22.9 Å². The first-order valence-corrected chi connectivity index (χ1v) is 7.31. The van der Waals surface area contributed by atoms with Crippen molar-refractivity contribution in [2.75, 3.05) is 11.9 Å². The summed E-state index contributed by atoms with van der Waals surface area (Å²) in [6.07, 6.45) is -0.429. The van der Waals surface area contributed by atoms with Gasteiger partial charge in [-0.3, -0.25) is 4.79 Å². The van der Waals surface area contributed by atoms with Crippen molar-refractivity contribution in [2.24, 2.45) is 0 Å². The molecule has 1 aliphatic heterocycles. The number of hydrogen-bond donors (Lipinski definition) is 0. The van der Waals surface area contributed by atoms with E-state index >= 15 is 0 Å². The largest absolute Gasteiger partial charge is 0.479 e. The average Bonchev–Trinajstić information content (AvgIpc) is 2.75. The highest BCUT2D eigenvalue weighted by Crippen LogP contribution is 2.37. The predicted molar refractivity (Wildman–Crippen MR) is 80.5 cm³/mol. The first kappa shape index (κ1) is 13.1. The number of aryl methyl sites for hydroxylation is 2. The van der Waals surface area contributed by atoms with Crippen LogP contribution in [-0.4, -0.2) is 24.0 Å². The van der Waals surface area contributed by atoms with Gasteiger partial charge in [0.2, 0.25) is 0 Å². The summed E-state index contributed by atoms with van der Waals surface area (Å²) in [6.45, 7) is 5.83. The second-order valence-corrected chi connectivity index (χ2v) is 6.38. The molecule has 104 valence electrons. The first-order chi connectivity index (χ1) is 9.47. The van der Waals surface area contributed by atoms with Crippen LogP contribution < -0.4 is 9.64 Å². The number of fused-ring (bicyclic) bond motifs is 1. The van der Waals surface area contributed by atoms with Gasteiger partial charge in [-0.1, -0.05) is 0 Å². The summed E-state index contributed by atoms with van der Waals surface area (Å²) in [5.41, 5.74) is 2.80. The van der Waals surface area contributed by atoms with Gasteiger partial charge in [0, 0.05) is 17.5 Å². The quantitative estimate of drug-likeness (QED) is 0.809. The maximum atomic E-state index is 12.0. The molecule has 1 unspecified atom stereocenters. The number of ether oxygens (including phenoxy) is 1. The van der Waals surface area contributed by atoms with E-state index in [2.05, 4.69) is 11.9 Å². The van der Waals surface area contributed by atoms with Gasteiger partial charge in [0.05, 0.1) is 16.4 Å². The van der Waals surface area contributed by atoms with Crippen LogP contribution in [0.2, 0.25) is 0 Å². The third kappa shape index (κ3) is 1.98. The molecule has 1 aliphatic rings. The standard InChI is InChI=1S/C15H16N2O2S/c1-8-15(18)17(4)12-7-11(5-6-13(12)19-8)14-9(2)20-10(3)16-14/h5-8H,1-4H3. The van der Waals surface area contributed by atoms with Crippen molar-refractivity contribution in [3.05, 3.63) is 28.1 Å². The summed E-state index contributed by atoms with van der Waals surface area (Å²) in [4.78, 5) is 19.4. The van der Waals surface area contributed by atoms with Gasteiger partial charge in [0.25, 0.3) is 5.91 Å². The Morgan fingerprint density at radius 1 is 1.35 bits per heavy atom. The van der Waals surface area contributed by atoms with E-state index in [0.717, 1.165) is 27.7 Å². The molecule has 2 aromatic rings. The maximum Gasteiger partial charge on any atom is 0.267 e. The number of thiazole rings is 1. The molecule has 0 fully saturated rings. The Labute approximate surface area is 122 Å². The number of aromatic nitrogens is 1. The van der Waals surface area contributed by atoms with Gasteiger partial charge < -0.3 is 9.64 Å². The number of anilines is 1. The van der Waals surface area contributed by atoms with E-state index in [1.54, 1.807) is 30.2 Å². The predicted octanol–water partition coefficient (Wildman–Crippen LogP) is 3.17. The zero-order valence-electron chi connectivity index (χ0n) is 11.9. The van der Waals surface area contributed by atoms with Crippen LogP contribution in [-0.2, 0) is 4.79 Å². The van der Waals surface area contributed by atoms with Crippen LogP contribution in [0.1, 0.15) is 16.8 Å². The van der Waals surface area contributed by atoms with Gasteiger partial charge in [-0.2, -0.15) is 0 Å². The van der Waals surface area contributed by atoms with Crippen molar-refractivity contribution < 1.29 is 9.53 Å². The van der Waals surface area contributed by atoms with Crippen LogP contribution in [0.4, 0.5) is 5.69 Å². The van der Waals surface area contributed by atoms with Gasteiger partial charge in [-0.25, -0.2) is 4.98 Å². The zero-order valence-corrected chi connectivity index (χ0v) is 12.7. The molecule has 5 heteroatoms. The summed E-state index contributed by atoms with van der Waals surface area (Å²) in [5, 5.41) is 1.05. The van der Waals surface area contributed by atoms with E-state index in [1.807, 2.05) is 25.1 Å². The fourth-order valence-electron chi connectivity index (χ4n) is 2.46. The number of carbonyl (C=O) groups is 1. The fourth-order valence-corrected chi connectivity index (χ4v) is 3.30. The van der Waals surface area contributed by atoms with Crippen molar-refractivity contribution in [3.8, 4) is 17.0 Å². The highest BCUT2D eigenvalue weighted by Gasteiger charge is 2.29. The lowest BCUT2D eigenvalue weighted by molar-refractivity contribution is -0.125. The molecule has 3 rings (SSSR count). The molecule has 0 radical (unpaired) electrons. The summed E-state index contributed by atoms with van der Waals surface area (Å²) in [5.74, 6) is 0.716. The lowest BCUT2D eigenvalue weighted by Gasteiger charge is -2.30. The lowest BCUT2D eigenvalue weighted by Crippen LogP contribution is -2.41. The Kier molecular flexibility index (Phi) is 3.01. The summed E-state index contributed by atoms with van der Waals surface area (Å²) < 4.78 is 5.63. The van der Waals surface area contributed by atoms with Crippen LogP contribution in [0.3, 0.4) is 0 Å². The van der Waals surface area contributed by atoms with Crippen LogP contribution in [0, 0.1) is 13.8 Å². The molecule has 1 aromatic carbocycles. The molecule has 1 aromatic heterocycles. The number of benzene rings is 1. The molecule has 0 saturated heterocycles. The monoisotopic (exact) mass is 288 g/mol. The Bertz CT molecular complexity index is 693. The molecular weight excluding hydrogens is 272 g/mol. The molecule has 0 aliphatic carbocycles. The number of hydrogen-bond acceptors (Lipinski definition) is 4. The van der Waals surface area contributed by atoms with Crippen molar-refractivity contribution in [1.29, 1.82) is 0 Å². The number of carbonyl (C=O) groups excluding carboxylic acids is 1. The van der Waals surface area contributed by atoms with Crippen LogP contribution in [0.5, 0.6) is 5.75 Å². The smallest absolute Gasteiger partial charge is 0.267 e. The zero-order chi connectivity index (χ0) is 14.4. The Morgan fingerprint density at radius 2 is 2.10 bits per heavy atom. The SMILES string of the molecule is Cc1nc(-c2ccc3c(c2)N(C)C(=O)C(C)O3)c(C)s1. The van der Waals surface area contributed by atoms with Crippen molar-refractivity contribution in [3.63, 3.8) is 0 Å². The van der Waals surface area contributed by atoms with E-state index in [0.29, 0.717) is 0 Å². The van der Waals surface area contributed by atoms with Gasteiger partial charge in [-0.15, -0.1) is 11.3 Å². The average molecular weight is 288 g/mol. The minimum absolute atomic E-state index is 0.0270. The van der Waals surface area contributed by atoms with Gasteiger partial charge in [0.15, 0.2) is 6.10 Å². The van der Waals surface area contributed by atoms with Crippen molar-refractivity contribution in [2.45, 2.75) is 26.9 Å². The number of rotatable bonds is 1. The summed E-state index contributed by atoms with van der Waals surface area (Å²) >= 11 is 1.68. The number of nitrogens with zero attached hydrogens (tertiary/aromatic N) is 2. The molecule has 0 saturated carbocycles. The van der Waals surface area contributed by atoms with Crippen LogP contribution in [0.25, 0.3) is 11.3 Å². The molecule has 1 atom stereocenters. The second-order valence-electron chi connectivity index (χ2n) is 4.98. The minimum Gasteiger partial charge on any atom is -0.479 e. The molecule has 0 N–H and O–H groups in total. The lowest BCUT2D eigenvalue weighted by atomic mass is 10.1. The van der Waals surface area contributed by atoms with E-state index in [4.69, 9.17) is 4.74 Å². The fraction of sp³-hybridized carbons (Fsp3) is 0.333. The Morgan fingerprint density at radius 3 is 2.75 bits per heavy atom. The Hall–Kier alpha value is -1.88. The van der Waals surface area contributed by atoms with Gasteiger partial charge in [0.1, 0.15) is 5.75 Å². The van der Waals surface area contributed by atoms with Crippen molar-refractivity contribution in [1.82, 2.24) is 4.98 Å². The highest BCUT2D eigenvalue weighted by molar-refractivity contribution is 7.11. The topological polar surface area (TPSA) is 42.4 Å². The molecule has 1 amide bonds. The third-order valence-electron chi connectivity index (χ3n) is 3.48. The first-order valence-electron chi connectivity index (χ1n) is 6.50. The number of amides is 1. The molecule has 20 heavy (non-hydrogen) atoms. The van der Waals surface area contributed by atoms with Gasteiger partial charge in [-0.05, 0) is 39.0 Å². The molecule has 0 bridgehead atoms. The maximum absolute atomic E-state index is 12.0. The summed E-state index contributed by atoms with van der Waals surface area (Å²) in [7, 11) is 1.78. The minimum atomic E-state index is -0.429. The Balaban J connectivity index is 2.10. The van der Waals surface area contributed by atoms with Gasteiger partial charge >= 0.3 is 0 Å². The van der Waals surface area contributed by atoms with E-state index in [9.17, 15) is 4.79 Å². The molecule has 0 spiro atoms. The van der Waals surface area contributed by atoms with E-state index in [1.165, 1.54) is 4.88 Å². The highest BCUT2D eigenvalue weighted by atomic mass is 32.1. The molecule has 4 nitrogen and oxygen atoms in total. The summed E-state index contributed by atoms with van der Waals surface area (Å²) in [6, 6.07) is 5.88. The second kappa shape index (κ2) is 4.59. The molecular formula is C15H16N2O2S. The van der Waals surface area contributed by atoms with Crippen LogP contribution >= 0.6 is 11.3 Å². The van der Waals surface area contributed by atoms with E-state index < -0.39 is 6.10 Å². The normalized spacial score (nSPS) is 17.9. The van der Waals surface area contributed by atoms with Crippen LogP contribution in [0.15, 0.2) is 18.2 Å². The molecule has 2 heterocycles. The third-order valence-corrected chi connectivity index (χ3v) is 4.37. The number of likely N-dealkylation sites (N-methyl/N-ethyl adjacent to an activating group) is 1. The van der Waals surface area contributed by atoms with E-state index in [-0.39, 0.29) is 5.91 Å².